The summed E-state index contributed by atoms with van der Waals surface area (Å²) < 4.78 is 26.0. The lowest BCUT2D eigenvalue weighted by Crippen LogP contribution is -2.52. The number of amides is 3. The van der Waals surface area contributed by atoms with Crippen LogP contribution >= 0.6 is 0 Å². The van der Waals surface area contributed by atoms with Gasteiger partial charge < -0.3 is 14.4 Å². The molecule has 4 aliphatic heterocycles. The maximum atomic E-state index is 13.8. The smallest absolute Gasteiger partial charge is 0.255 e. The summed E-state index contributed by atoms with van der Waals surface area (Å²) in [4.78, 5) is 41.1. The van der Waals surface area contributed by atoms with E-state index in [9.17, 15) is 18.8 Å². The number of imide groups is 1. The van der Waals surface area contributed by atoms with Crippen LogP contribution in [0.4, 0.5) is 4.39 Å². The zero-order valence-electron chi connectivity index (χ0n) is 21.7. The summed E-state index contributed by atoms with van der Waals surface area (Å²) >= 11 is 0. The second-order valence-corrected chi connectivity index (χ2v) is 11.1. The molecular formula is C29H32FN3O5. The minimum absolute atomic E-state index is 0.0353. The van der Waals surface area contributed by atoms with Crippen molar-refractivity contribution in [1.82, 2.24) is 15.1 Å². The summed E-state index contributed by atoms with van der Waals surface area (Å²) in [6.45, 7) is 7.16. The summed E-state index contributed by atoms with van der Waals surface area (Å²) in [5.74, 6) is 0.183. The number of likely N-dealkylation sites (tertiary alicyclic amines) is 1. The van der Waals surface area contributed by atoms with E-state index >= 15 is 0 Å². The molecule has 0 aromatic heterocycles. The first kappa shape index (κ1) is 24.9. The fraction of sp³-hybridized carbons (Fsp3) is 0.483. The maximum absolute atomic E-state index is 13.8. The Morgan fingerprint density at radius 2 is 1.95 bits per heavy atom. The minimum atomic E-state index is -0.641. The molecule has 1 N–H and O–H groups in total. The lowest BCUT2D eigenvalue weighted by molar-refractivity contribution is -0.136. The van der Waals surface area contributed by atoms with Gasteiger partial charge in [0.05, 0.1) is 19.3 Å². The highest BCUT2D eigenvalue weighted by Gasteiger charge is 2.47. The first-order valence-corrected chi connectivity index (χ1v) is 13.4. The number of ether oxygens (including phenoxy) is 2. The van der Waals surface area contributed by atoms with E-state index < -0.39 is 11.9 Å². The van der Waals surface area contributed by atoms with Crippen molar-refractivity contribution in [2.75, 3.05) is 19.7 Å². The highest BCUT2D eigenvalue weighted by atomic mass is 19.1. The molecule has 200 valence electrons. The van der Waals surface area contributed by atoms with E-state index in [1.165, 1.54) is 12.1 Å². The van der Waals surface area contributed by atoms with Crippen LogP contribution in [0.2, 0.25) is 0 Å². The average Bonchev–Trinajstić information content (AvgIpc) is 3.40. The molecular weight excluding hydrogens is 489 g/mol. The van der Waals surface area contributed by atoms with Crippen LogP contribution in [0.1, 0.15) is 66.6 Å². The maximum Gasteiger partial charge on any atom is 0.255 e. The Balaban J connectivity index is 1.17. The van der Waals surface area contributed by atoms with E-state index in [2.05, 4.69) is 10.2 Å². The number of benzene rings is 2. The second kappa shape index (κ2) is 9.38. The predicted molar refractivity (Wildman–Crippen MR) is 136 cm³/mol. The molecule has 38 heavy (non-hydrogen) atoms. The van der Waals surface area contributed by atoms with Crippen molar-refractivity contribution in [2.45, 2.75) is 70.2 Å². The first-order valence-electron chi connectivity index (χ1n) is 13.4. The molecule has 8 nitrogen and oxygen atoms in total. The van der Waals surface area contributed by atoms with Crippen LogP contribution in [-0.4, -0.2) is 59.4 Å². The van der Waals surface area contributed by atoms with Gasteiger partial charge in [0.1, 0.15) is 23.4 Å². The van der Waals surface area contributed by atoms with E-state index in [1.807, 2.05) is 26.0 Å². The number of carbonyl (C=O) groups is 3. The van der Waals surface area contributed by atoms with Crippen molar-refractivity contribution < 1.29 is 28.2 Å². The normalized spacial score (nSPS) is 22.5. The number of hydrogen-bond acceptors (Lipinski definition) is 6. The van der Waals surface area contributed by atoms with Gasteiger partial charge in [-0.05, 0) is 58.3 Å². The summed E-state index contributed by atoms with van der Waals surface area (Å²) in [5, 5.41) is 2.36. The van der Waals surface area contributed by atoms with Gasteiger partial charge in [-0.25, -0.2) is 4.39 Å². The molecule has 0 radical (unpaired) electrons. The molecule has 4 heterocycles. The van der Waals surface area contributed by atoms with Crippen LogP contribution in [0, 0.1) is 5.82 Å². The molecule has 2 fully saturated rings. The standard InChI is InChI=1S/C29H32FN3O5/c1-17(2)38-24-13-19(30)4-3-18(24)14-32-11-9-29(10-12-32)16-37-26-21-15-33(23-7-8-25(34)31-27(23)35)28(36)20(21)5-6-22(26)29/h3-6,13,17,23H,7-12,14-16H2,1-2H3,(H,31,34,35)/t23-/m0/s1. The van der Waals surface area contributed by atoms with Crippen LogP contribution in [-0.2, 0) is 28.1 Å². The van der Waals surface area contributed by atoms with Crippen LogP contribution in [0.25, 0.3) is 0 Å². The highest BCUT2D eigenvalue weighted by Crippen LogP contribution is 2.49. The monoisotopic (exact) mass is 521 g/mol. The summed E-state index contributed by atoms with van der Waals surface area (Å²) in [5.41, 5.74) is 3.42. The number of carbonyl (C=O) groups excluding carboxylic acids is 3. The third-order valence-corrected chi connectivity index (χ3v) is 8.33. The fourth-order valence-electron chi connectivity index (χ4n) is 6.30. The van der Waals surface area contributed by atoms with Crippen molar-refractivity contribution in [3.63, 3.8) is 0 Å². The van der Waals surface area contributed by atoms with E-state index in [0.29, 0.717) is 37.4 Å². The molecule has 2 aromatic carbocycles. The predicted octanol–water partition coefficient (Wildman–Crippen LogP) is 3.30. The molecule has 1 spiro atoms. The quantitative estimate of drug-likeness (QED) is 0.608. The molecule has 2 aromatic rings. The Morgan fingerprint density at radius 1 is 1.16 bits per heavy atom. The lowest BCUT2D eigenvalue weighted by atomic mass is 9.74. The Bertz CT molecular complexity index is 1320. The zero-order valence-corrected chi connectivity index (χ0v) is 21.7. The molecule has 1 atom stereocenters. The number of fused-ring (bicyclic) bond motifs is 4. The van der Waals surface area contributed by atoms with Crippen LogP contribution in [0.3, 0.4) is 0 Å². The molecule has 0 unspecified atom stereocenters. The van der Waals surface area contributed by atoms with Crippen molar-refractivity contribution in [3.05, 3.63) is 58.4 Å². The lowest BCUT2D eigenvalue weighted by Gasteiger charge is -2.38. The molecule has 0 saturated carbocycles. The number of halogens is 1. The molecule has 6 rings (SSSR count). The van der Waals surface area contributed by atoms with E-state index in [-0.39, 0.29) is 35.6 Å². The van der Waals surface area contributed by atoms with Gasteiger partial charge in [-0.2, -0.15) is 0 Å². The average molecular weight is 522 g/mol. The number of nitrogens with zero attached hydrogens (tertiary/aromatic N) is 2. The Morgan fingerprint density at radius 3 is 2.68 bits per heavy atom. The van der Waals surface area contributed by atoms with Gasteiger partial charge in [0.15, 0.2) is 0 Å². The van der Waals surface area contributed by atoms with Crippen molar-refractivity contribution >= 4 is 17.7 Å². The van der Waals surface area contributed by atoms with Crippen molar-refractivity contribution in [3.8, 4) is 11.5 Å². The Kier molecular flexibility index (Phi) is 6.13. The molecule has 4 aliphatic rings. The van der Waals surface area contributed by atoms with E-state index in [4.69, 9.17) is 9.47 Å². The van der Waals surface area contributed by atoms with Crippen molar-refractivity contribution in [1.29, 1.82) is 0 Å². The van der Waals surface area contributed by atoms with Crippen LogP contribution in [0.5, 0.6) is 11.5 Å². The fourth-order valence-corrected chi connectivity index (χ4v) is 6.30. The molecule has 2 saturated heterocycles. The number of piperidine rings is 2. The minimum Gasteiger partial charge on any atom is -0.492 e. The second-order valence-electron chi connectivity index (χ2n) is 11.1. The molecule has 0 bridgehead atoms. The topological polar surface area (TPSA) is 88.2 Å². The third-order valence-electron chi connectivity index (χ3n) is 8.33. The molecule has 3 amide bonds. The summed E-state index contributed by atoms with van der Waals surface area (Å²) in [6, 6.07) is 8.01. The van der Waals surface area contributed by atoms with Gasteiger partial charge in [0.25, 0.3) is 5.91 Å². The Labute approximate surface area is 221 Å². The van der Waals surface area contributed by atoms with Gasteiger partial charge in [-0.15, -0.1) is 0 Å². The summed E-state index contributed by atoms with van der Waals surface area (Å²) in [6.07, 6.45) is 2.35. The first-order chi connectivity index (χ1) is 18.2. The number of rotatable bonds is 5. The molecule has 0 aliphatic carbocycles. The zero-order chi connectivity index (χ0) is 26.6. The number of hydrogen-bond donors (Lipinski definition) is 1. The van der Waals surface area contributed by atoms with Crippen LogP contribution in [0.15, 0.2) is 30.3 Å². The number of nitrogens with one attached hydrogen (secondary N) is 1. The molecule has 9 heteroatoms. The van der Waals surface area contributed by atoms with Gasteiger partial charge >= 0.3 is 0 Å². The van der Waals surface area contributed by atoms with Gasteiger partial charge in [0.2, 0.25) is 11.8 Å². The van der Waals surface area contributed by atoms with Crippen LogP contribution < -0.4 is 14.8 Å². The van der Waals surface area contributed by atoms with Gasteiger partial charge in [-0.3, -0.25) is 24.6 Å². The van der Waals surface area contributed by atoms with Gasteiger partial charge in [0, 0.05) is 46.7 Å². The largest absolute Gasteiger partial charge is 0.492 e. The third kappa shape index (κ3) is 4.22. The SMILES string of the molecule is CC(C)Oc1cc(F)ccc1CN1CCC2(CC1)COc1c2ccc2c1CN([C@H]1CCC(=O)NC1=O)C2=O. The van der Waals surface area contributed by atoms with Crippen molar-refractivity contribution in [2.24, 2.45) is 0 Å². The van der Waals surface area contributed by atoms with E-state index in [0.717, 1.165) is 48.4 Å². The highest BCUT2D eigenvalue weighted by molar-refractivity contribution is 6.05. The van der Waals surface area contributed by atoms with Gasteiger partial charge in [-0.1, -0.05) is 12.1 Å². The van der Waals surface area contributed by atoms with E-state index in [1.54, 1.807) is 11.0 Å². The Hall–Kier alpha value is -3.46. The summed E-state index contributed by atoms with van der Waals surface area (Å²) in [7, 11) is 0.